The molecule has 0 saturated carbocycles. The highest BCUT2D eigenvalue weighted by Gasteiger charge is 2.27. The SMILES string of the molecule is O=C(Nc1ccc(F)cc1F)N1CCOCC1CO. The van der Waals surface area contributed by atoms with E-state index in [1.54, 1.807) is 0 Å². The fourth-order valence-corrected chi connectivity index (χ4v) is 1.85. The molecule has 2 amide bonds. The lowest BCUT2D eigenvalue weighted by molar-refractivity contribution is -0.00486. The first kappa shape index (κ1) is 13.7. The summed E-state index contributed by atoms with van der Waals surface area (Å²) < 4.78 is 31.3. The predicted octanol–water partition coefficient (Wildman–Crippen LogP) is 1.19. The Morgan fingerprint density at radius 1 is 1.53 bits per heavy atom. The van der Waals surface area contributed by atoms with Gasteiger partial charge < -0.3 is 20.1 Å². The summed E-state index contributed by atoms with van der Waals surface area (Å²) in [5.74, 6) is -1.56. The number of halogens is 2. The molecule has 1 fully saturated rings. The van der Waals surface area contributed by atoms with Gasteiger partial charge in [-0.2, -0.15) is 0 Å². The number of anilines is 1. The number of carbonyl (C=O) groups excluding carboxylic acids is 1. The summed E-state index contributed by atoms with van der Waals surface area (Å²) in [7, 11) is 0. The van der Waals surface area contributed by atoms with Crippen LogP contribution in [0.4, 0.5) is 19.3 Å². The van der Waals surface area contributed by atoms with Crippen LogP contribution in [0.25, 0.3) is 0 Å². The van der Waals surface area contributed by atoms with E-state index in [0.29, 0.717) is 19.2 Å². The number of benzene rings is 1. The summed E-state index contributed by atoms with van der Waals surface area (Å²) in [5.41, 5.74) is -0.102. The van der Waals surface area contributed by atoms with Crippen LogP contribution in [-0.4, -0.2) is 48.4 Å². The normalized spacial score (nSPS) is 19.3. The highest BCUT2D eigenvalue weighted by molar-refractivity contribution is 5.89. The molecule has 1 saturated heterocycles. The van der Waals surface area contributed by atoms with E-state index in [0.717, 1.165) is 12.1 Å². The van der Waals surface area contributed by atoms with E-state index in [1.807, 2.05) is 0 Å². The average Bonchev–Trinajstić information content (AvgIpc) is 2.41. The maximum Gasteiger partial charge on any atom is 0.322 e. The maximum atomic E-state index is 13.4. The number of amides is 2. The van der Waals surface area contributed by atoms with Crippen molar-refractivity contribution in [1.82, 2.24) is 4.90 Å². The van der Waals surface area contributed by atoms with Crippen molar-refractivity contribution in [2.45, 2.75) is 6.04 Å². The number of urea groups is 1. The Morgan fingerprint density at radius 2 is 2.32 bits per heavy atom. The van der Waals surface area contributed by atoms with Crippen molar-refractivity contribution in [2.24, 2.45) is 0 Å². The highest BCUT2D eigenvalue weighted by atomic mass is 19.1. The second-order valence-corrected chi connectivity index (χ2v) is 4.16. The first-order valence-corrected chi connectivity index (χ1v) is 5.83. The first-order chi connectivity index (χ1) is 9.11. The van der Waals surface area contributed by atoms with E-state index in [2.05, 4.69) is 5.32 Å². The van der Waals surface area contributed by atoms with Crippen LogP contribution in [-0.2, 0) is 4.74 Å². The molecule has 2 N–H and O–H groups in total. The Bertz CT molecular complexity index is 470. The fourth-order valence-electron chi connectivity index (χ4n) is 1.85. The zero-order chi connectivity index (χ0) is 13.8. The molecule has 1 heterocycles. The molecule has 0 spiro atoms. The molecule has 1 unspecified atom stereocenters. The molecule has 0 aromatic heterocycles. The Balaban J connectivity index is 2.07. The van der Waals surface area contributed by atoms with Crippen LogP contribution >= 0.6 is 0 Å². The van der Waals surface area contributed by atoms with Crippen LogP contribution in [0.1, 0.15) is 0 Å². The summed E-state index contributed by atoms with van der Waals surface area (Å²) in [4.78, 5) is 13.3. The van der Waals surface area contributed by atoms with E-state index in [9.17, 15) is 13.6 Å². The van der Waals surface area contributed by atoms with E-state index in [-0.39, 0.29) is 18.9 Å². The fraction of sp³-hybridized carbons (Fsp3) is 0.417. The van der Waals surface area contributed by atoms with Gasteiger partial charge in [0.15, 0.2) is 0 Å². The van der Waals surface area contributed by atoms with Gasteiger partial charge >= 0.3 is 6.03 Å². The number of aliphatic hydroxyl groups is 1. The van der Waals surface area contributed by atoms with Crippen LogP contribution in [0, 0.1) is 11.6 Å². The molecule has 1 atom stereocenters. The topological polar surface area (TPSA) is 61.8 Å². The van der Waals surface area contributed by atoms with Crippen LogP contribution < -0.4 is 5.32 Å². The van der Waals surface area contributed by atoms with Crippen LogP contribution in [0.3, 0.4) is 0 Å². The maximum absolute atomic E-state index is 13.4. The zero-order valence-corrected chi connectivity index (χ0v) is 10.1. The third kappa shape index (κ3) is 3.18. The smallest absolute Gasteiger partial charge is 0.322 e. The Morgan fingerprint density at radius 3 is 3.00 bits per heavy atom. The van der Waals surface area contributed by atoms with Gasteiger partial charge in [-0.25, -0.2) is 13.6 Å². The molecule has 1 aliphatic rings. The molecule has 0 aliphatic carbocycles. The zero-order valence-electron chi connectivity index (χ0n) is 10.1. The molecule has 0 radical (unpaired) electrons. The lowest BCUT2D eigenvalue weighted by Crippen LogP contribution is -2.52. The van der Waals surface area contributed by atoms with E-state index in [4.69, 9.17) is 9.84 Å². The molecule has 1 aliphatic heterocycles. The summed E-state index contributed by atoms with van der Waals surface area (Å²) in [6, 6.07) is 1.89. The minimum absolute atomic E-state index is 0.102. The summed E-state index contributed by atoms with van der Waals surface area (Å²) in [6.07, 6.45) is 0. The second kappa shape index (κ2) is 5.94. The van der Waals surface area contributed by atoms with Crippen molar-refractivity contribution in [1.29, 1.82) is 0 Å². The minimum atomic E-state index is -0.845. The van der Waals surface area contributed by atoms with Gasteiger partial charge in [-0.3, -0.25) is 0 Å². The highest BCUT2D eigenvalue weighted by Crippen LogP contribution is 2.16. The standard InChI is InChI=1S/C12H14F2N2O3/c13-8-1-2-11(10(14)5-8)15-12(18)16-3-4-19-7-9(16)6-17/h1-2,5,9,17H,3-4,6-7H2,(H,15,18). The summed E-state index contributed by atoms with van der Waals surface area (Å²) >= 11 is 0. The predicted molar refractivity (Wildman–Crippen MR) is 63.8 cm³/mol. The van der Waals surface area contributed by atoms with Gasteiger partial charge in [0.2, 0.25) is 0 Å². The van der Waals surface area contributed by atoms with Crippen LogP contribution in [0.2, 0.25) is 0 Å². The molecule has 5 nitrogen and oxygen atoms in total. The van der Waals surface area contributed by atoms with E-state index < -0.39 is 23.7 Å². The molecule has 0 bridgehead atoms. The Labute approximate surface area is 108 Å². The molecule has 1 aromatic rings. The van der Waals surface area contributed by atoms with Gasteiger partial charge in [-0.1, -0.05) is 0 Å². The van der Waals surface area contributed by atoms with Crippen LogP contribution in [0.15, 0.2) is 18.2 Å². The molecular weight excluding hydrogens is 258 g/mol. The molecular formula is C12H14F2N2O3. The second-order valence-electron chi connectivity index (χ2n) is 4.16. The Kier molecular flexibility index (Phi) is 4.28. The Hall–Kier alpha value is -1.73. The number of morpholine rings is 1. The van der Waals surface area contributed by atoms with E-state index in [1.165, 1.54) is 4.90 Å². The van der Waals surface area contributed by atoms with Gasteiger partial charge in [-0.15, -0.1) is 0 Å². The number of rotatable bonds is 2. The van der Waals surface area contributed by atoms with Crippen molar-refractivity contribution < 1.29 is 23.4 Å². The van der Waals surface area contributed by atoms with Gasteiger partial charge in [0.05, 0.1) is 31.5 Å². The monoisotopic (exact) mass is 272 g/mol. The summed E-state index contributed by atoms with van der Waals surface area (Å²) in [6.45, 7) is 0.658. The van der Waals surface area contributed by atoms with Crippen molar-refractivity contribution >= 4 is 11.7 Å². The molecule has 2 rings (SSSR count). The minimum Gasteiger partial charge on any atom is -0.394 e. The number of hydrogen-bond acceptors (Lipinski definition) is 3. The average molecular weight is 272 g/mol. The van der Waals surface area contributed by atoms with Crippen molar-refractivity contribution in [3.8, 4) is 0 Å². The number of carbonyl (C=O) groups is 1. The number of aliphatic hydroxyl groups excluding tert-OH is 1. The van der Waals surface area contributed by atoms with Crippen molar-refractivity contribution in [3.05, 3.63) is 29.8 Å². The van der Waals surface area contributed by atoms with Gasteiger partial charge in [0.1, 0.15) is 11.6 Å². The quantitative estimate of drug-likeness (QED) is 0.850. The van der Waals surface area contributed by atoms with Gasteiger partial charge in [0, 0.05) is 12.6 Å². The lowest BCUT2D eigenvalue weighted by Gasteiger charge is -2.34. The van der Waals surface area contributed by atoms with Gasteiger partial charge in [0.25, 0.3) is 0 Å². The van der Waals surface area contributed by atoms with Crippen LogP contribution in [0.5, 0.6) is 0 Å². The van der Waals surface area contributed by atoms with Crippen molar-refractivity contribution in [3.63, 3.8) is 0 Å². The number of ether oxygens (including phenoxy) is 1. The first-order valence-electron chi connectivity index (χ1n) is 5.83. The third-order valence-corrected chi connectivity index (χ3v) is 2.87. The van der Waals surface area contributed by atoms with E-state index >= 15 is 0 Å². The molecule has 7 heteroatoms. The molecule has 104 valence electrons. The number of nitrogens with one attached hydrogen (secondary N) is 1. The molecule has 19 heavy (non-hydrogen) atoms. The largest absolute Gasteiger partial charge is 0.394 e. The lowest BCUT2D eigenvalue weighted by atomic mass is 10.2. The third-order valence-electron chi connectivity index (χ3n) is 2.87. The van der Waals surface area contributed by atoms with Crippen molar-refractivity contribution in [2.75, 3.05) is 31.7 Å². The molecule has 1 aromatic carbocycles. The van der Waals surface area contributed by atoms with Gasteiger partial charge in [-0.05, 0) is 12.1 Å². The summed E-state index contributed by atoms with van der Waals surface area (Å²) in [5, 5.41) is 11.5. The number of nitrogens with zero attached hydrogens (tertiary/aromatic N) is 1. The number of hydrogen-bond donors (Lipinski definition) is 2.